The van der Waals surface area contributed by atoms with Gasteiger partial charge in [-0.1, -0.05) is 30.3 Å². The van der Waals surface area contributed by atoms with Crippen LogP contribution >= 0.6 is 0 Å². The fraction of sp³-hybridized carbons (Fsp3) is 0.133. The molecule has 20 heavy (non-hydrogen) atoms. The van der Waals surface area contributed by atoms with Crippen LogP contribution in [-0.4, -0.2) is 11.1 Å². The average Bonchev–Trinajstić information content (AvgIpc) is 2.76. The normalized spacial score (nSPS) is 14.4. The number of anilines is 2. The molecule has 0 aromatic heterocycles. The van der Waals surface area contributed by atoms with Gasteiger partial charge in [0.2, 0.25) is 0 Å². The summed E-state index contributed by atoms with van der Waals surface area (Å²) in [5.74, 6) is -0.920. The zero-order valence-corrected chi connectivity index (χ0v) is 14.1. The Morgan fingerprint density at radius 1 is 1.00 bits per heavy atom. The Kier molecular flexibility index (Phi) is 3.82. The molecule has 1 aliphatic rings. The van der Waals surface area contributed by atoms with Crippen LogP contribution in [0.2, 0.25) is 0 Å². The Morgan fingerprint density at radius 2 is 1.50 bits per heavy atom. The molecule has 2 aromatic carbocycles. The van der Waals surface area contributed by atoms with E-state index in [9.17, 15) is 9.90 Å². The molecule has 0 amide bonds. The Bertz CT molecular complexity index is 633. The Hall–Kier alpha value is -1.87. The van der Waals surface area contributed by atoms with Crippen LogP contribution in [0.15, 0.2) is 48.5 Å². The molecule has 1 aliphatic heterocycles. The Labute approximate surface area is 130 Å². The monoisotopic (exact) mass is 318 g/mol. The number of aromatic carboxylic acids is 1. The standard InChI is InChI=1S/C15H14N2O2.Zn/c1-15(11-7-3-2-6-10(11)14(18)19)16-12-8-4-5-9-13(12)17-15;/h2-9,16-17H,1H3,(H,18,19);. The molecular weight excluding hydrogens is 306 g/mol. The summed E-state index contributed by atoms with van der Waals surface area (Å²) in [7, 11) is 0. The van der Waals surface area contributed by atoms with Gasteiger partial charge in [0.15, 0.2) is 0 Å². The third-order valence-corrected chi connectivity index (χ3v) is 3.39. The first-order valence-corrected chi connectivity index (χ1v) is 6.08. The van der Waals surface area contributed by atoms with E-state index in [-0.39, 0.29) is 19.5 Å². The predicted octanol–water partition coefficient (Wildman–Crippen LogP) is 3.09. The number of hydrogen-bond acceptors (Lipinski definition) is 3. The number of fused-ring (bicyclic) bond motifs is 1. The SMILES string of the molecule is CC1(c2ccccc2C(=O)O)Nc2ccccc2N1.[Zn]. The first kappa shape index (κ1) is 14.5. The Morgan fingerprint density at radius 3 is 2.05 bits per heavy atom. The molecule has 5 heteroatoms. The van der Waals surface area contributed by atoms with Gasteiger partial charge in [0, 0.05) is 25.0 Å². The minimum atomic E-state index is -0.920. The van der Waals surface area contributed by atoms with E-state index >= 15 is 0 Å². The molecule has 0 spiro atoms. The topological polar surface area (TPSA) is 61.4 Å². The molecule has 3 rings (SSSR count). The van der Waals surface area contributed by atoms with Gasteiger partial charge in [-0.2, -0.15) is 0 Å². The Balaban J connectivity index is 0.00000147. The number of carboxylic acids is 1. The molecule has 0 unspecified atom stereocenters. The molecule has 0 aliphatic carbocycles. The number of nitrogens with one attached hydrogen (secondary N) is 2. The number of hydrogen-bond donors (Lipinski definition) is 3. The summed E-state index contributed by atoms with van der Waals surface area (Å²) in [6.07, 6.45) is 0. The van der Waals surface area contributed by atoms with E-state index < -0.39 is 11.6 Å². The zero-order valence-electron chi connectivity index (χ0n) is 11.2. The molecule has 0 saturated carbocycles. The van der Waals surface area contributed by atoms with E-state index in [1.54, 1.807) is 12.1 Å². The van der Waals surface area contributed by atoms with E-state index in [4.69, 9.17) is 0 Å². The van der Waals surface area contributed by atoms with Crippen molar-refractivity contribution in [1.29, 1.82) is 0 Å². The minimum Gasteiger partial charge on any atom is -0.478 e. The minimum absolute atomic E-state index is 0. The fourth-order valence-electron chi connectivity index (χ4n) is 2.51. The van der Waals surface area contributed by atoms with Crippen LogP contribution < -0.4 is 10.6 Å². The smallest absolute Gasteiger partial charge is 0.336 e. The molecule has 1 heterocycles. The van der Waals surface area contributed by atoms with Gasteiger partial charge in [-0.05, 0) is 25.1 Å². The quantitative estimate of drug-likeness (QED) is 0.744. The van der Waals surface area contributed by atoms with Crippen molar-refractivity contribution in [3.8, 4) is 0 Å². The molecule has 2 aromatic rings. The van der Waals surface area contributed by atoms with Crippen LogP contribution in [0, 0.1) is 0 Å². The summed E-state index contributed by atoms with van der Waals surface area (Å²) >= 11 is 0. The molecule has 4 nitrogen and oxygen atoms in total. The maximum Gasteiger partial charge on any atom is 0.336 e. The van der Waals surface area contributed by atoms with Gasteiger partial charge >= 0.3 is 5.97 Å². The summed E-state index contributed by atoms with van der Waals surface area (Å²) in [4.78, 5) is 11.3. The second-order valence-corrected chi connectivity index (χ2v) is 4.77. The number of para-hydroxylation sites is 2. The zero-order chi connectivity index (χ0) is 13.5. The number of carboxylic acid groups (broad SMARTS) is 1. The van der Waals surface area contributed by atoms with E-state index in [1.807, 2.05) is 43.3 Å². The van der Waals surface area contributed by atoms with E-state index in [2.05, 4.69) is 10.6 Å². The summed E-state index contributed by atoms with van der Waals surface area (Å²) in [5.41, 5.74) is 2.37. The van der Waals surface area contributed by atoms with Crippen LogP contribution in [0.3, 0.4) is 0 Å². The number of carbonyl (C=O) groups is 1. The van der Waals surface area contributed by atoms with Crippen molar-refractivity contribution < 1.29 is 29.4 Å². The molecule has 0 saturated heterocycles. The number of benzene rings is 2. The summed E-state index contributed by atoms with van der Waals surface area (Å²) in [6.45, 7) is 1.94. The van der Waals surface area contributed by atoms with Gasteiger partial charge in [0.1, 0.15) is 5.66 Å². The summed E-state index contributed by atoms with van der Waals surface area (Å²) in [5, 5.41) is 16.0. The molecule has 0 radical (unpaired) electrons. The molecule has 98 valence electrons. The van der Waals surface area contributed by atoms with Crippen molar-refractivity contribution in [2.45, 2.75) is 12.6 Å². The number of rotatable bonds is 2. The van der Waals surface area contributed by atoms with E-state index in [0.717, 1.165) is 16.9 Å². The summed E-state index contributed by atoms with van der Waals surface area (Å²) in [6, 6.07) is 14.9. The second-order valence-electron chi connectivity index (χ2n) is 4.77. The van der Waals surface area contributed by atoms with Crippen LogP contribution in [0.4, 0.5) is 11.4 Å². The predicted molar refractivity (Wildman–Crippen MR) is 74.4 cm³/mol. The fourth-order valence-corrected chi connectivity index (χ4v) is 2.51. The van der Waals surface area contributed by atoms with Crippen molar-refractivity contribution in [1.82, 2.24) is 0 Å². The van der Waals surface area contributed by atoms with Crippen LogP contribution in [0.5, 0.6) is 0 Å². The van der Waals surface area contributed by atoms with Crippen molar-refractivity contribution in [3.05, 3.63) is 59.7 Å². The second kappa shape index (κ2) is 5.25. The van der Waals surface area contributed by atoms with Gasteiger partial charge < -0.3 is 15.7 Å². The van der Waals surface area contributed by atoms with E-state index in [0.29, 0.717) is 5.56 Å². The average molecular weight is 320 g/mol. The van der Waals surface area contributed by atoms with Gasteiger partial charge in [-0.25, -0.2) is 4.79 Å². The molecule has 0 bridgehead atoms. The van der Waals surface area contributed by atoms with Crippen molar-refractivity contribution in [2.75, 3.05) is 10.6 Å². The third-order valence-electron chi connectivity index (χ3n) is 3.39. The largest absolute Gasteiger partial charge is 0.478 e. The van der Waals surface area contributed by atoms with Crippen LogP contribution in [0.25, 0.3) is 0 Å². The van der Waals surface area contributed by atoms with Gasteiger partial charge in [0.05, 0.1) is 16.9 Å². The van der Waals surface area contributed by atoms with Gasteiger partial charge in [-0.3, -0.25) is 0 Å². The maximum atomic E-state index is 11.3. The molecule has 0 atom stereocenters. The molecular formula is C15H14N2O2Zn. The molecule has 3 N–H and O–H groups in total. The third kappa shape index (κ3) is 2.29. The maximum absolute atomic E-state index is 11.3. The first-order chi connectivity index (χ1) is 9.10. The van der Waals surface area contributed by atoms with Crippen molar-refractivity contribution in [3.63, 3.8) is 0 Å². The van der Waals surface area contributed by atoms with Crippen molar-refractivity contribution >= 4 is 17.3 Å². The van der Waals surface area contributed by atoms with E-state index in [1.165, 1.54) is 0 Å². The van der Waals surface area contributed by atoms with Crippen molar-refractivity contribution in [2.24, 2.45) is 0 Å². The molecule has 0 fully saturated rings. The van der Waals surface area contributed by atoms with Crippen LogP contribution in [0.1, 0.15) is 22.8 Å². The van der Waals surface area contributed by atoms with Gasteiger partial charge in [-0.15, -0.1) is 0 Å². The first-order valence-electron chi connectivity index (χ1n) is 6.08. The summed E-state index contributed by atoms with van der Waals surface area (Å²) < 4.78 is 0. The van der Waals surface area contributed by atoms with Gasteiger partial charge in [0.25, 0.3) is 0 Å². The van der Waals surface area contributed by atoms with Crippen LogP contribution in [-0.2, 0) is 25.1 Å².